The van der Waals surface area contributed by atoms with Gasteiger partial charge < -0.3 is 59.8 Å². The zero-order valence-corrected chi connectivity index (χ0v) is 44.3. The van der Waals surface area contributed by atoms with Crippen molar-refractivity contribution in [3.8, 4) is 0 Å². The molecule has 15 heteroatoms. The Morgan fingerprint density at radius 2 is 0.775 bits per heavy atom. The van der Waals surface area contributed by atoms with E-state index in [1.54, 1.807) is 0 Å². The summed E-state index contributed by atoms with van der Waals surface area (Å²) in [5.41, 5.74) is 0. The van der Waals surface area contributed by atoms with E-state index in [-0.39, 0.29) is 12.8 Å². The van der Waals surface area contributed by atoms with Crippen LogP contribution in [-0.2, 0) is 33.3 Å². The zero-order chi connectivity index (χ0) is 52.1. The van der Waals surface area contributed by atoms with Crippen molar-refractivity contribution in [3.05, 3.63) is 24.3 Å². The lowest BCUT2D eigenvalue weighted by Gasteiger charge is -2.53. The molecule has 0 aromatic carbocycles. The molecule has 0 aromatic rings. The van der Waals surface area contributed by atoms with E-state index in [1.807, 2.05) is 0 Å². The van der Waals surface area contributed by atoms with E-state index < -0.39 is 85.9 Å². The molecule has 0 amide bonds. The van der Waals surface area contributed by atoms with Crippen LogP contribution in [0, 0.1) is 0 Å². The first-order valence-electron chi connectivity index (χ1n) is 28.5. The molecule has 0 radical (unpaired) electrons. The van der Waals surface area contributed by atoms with E-state index in [0.29, 0.717) is 25.7 Å². The summed E-state index contributed by atoms with van der Waals surface area (Å²) in [4.78, 5) is 27.1. The molecule has 416 valence electrons. The van der Waals surface area contributed by atoms with Crippen LogP contribution in [0.4, 0.5) is 0 Å². The fourth-order valence-electron chi connectivity index (χ4n) is 9.45. The Morgan fingerprint density at radius 3 is 1.13 bits per heavy atom. The summed E-state index contributed by atoms with van der Waals surface area (Å²) in [5.74, 6) is -12.1. The summed E-state index contributed by atoms with van der Waals surface area (Å²) in [6, 6.07) is 0. The fourth-order valence-corrected chi connectivity index (χ4v) is 9.45. The van der Waals surface area contributed by atoms with Gasteiger partial charge in [-0.25, -0.2) is 0 Å². The molecule has 71 heavy (non-hydrogen) atoms. The number of aliphatic hydroxyl groups excluding tert-OH is 7. The van der Waals surface area contributed by atoms with Crippen LogP contribution in [0.25, 0.3) is 0 Å². The molecular weight excluding hydrogens is 913 g/mol. The molecule has 0 aromatic heterocycles. The van der Waals surface area contributed by atoms with Gasteiger partial charge in [0.05, 0.1) is 13.2 Å². The van der Waals surface area contributed by atoms with Crippen LogP contribution in [0.5, 0.6) is 0 Å². The zero-order valence-electron chi connectivity index (χ0n) is 44.3. The number of allylic oxidation sites excluding steroid dienone is 4. The van der Waals surface area contributed by atoms with Gasteiger partial charge in [0, 0.05) is 12.8 Å². The van der Waals surface area contributed by atoms with Crippen molar-refractivity contribution in [3.63, 3.8) is 0 Å². The molecule has 2 heterocycles. The Balaban J connectivity index is 1.92. The lowest BCUT2D eigenvalue weighted by molar-refractivity contribution is -0.554. The Hall–Kier alpha value is -2.02. The second-order valence-corrected chi connectivity index (χ2v) is 20.3. The maximum Gasteiger partial charge on any atom is 0.405 e. The molecule has 0 bridgehead atoms. The number of carbonyl (C=O) groups excluding carboxylic acids is 2. The highest BCUT2D eigenvalue weighted by atomic mass is 17.0. The molecule has 9 atom stereocenters. The van der Waals surface area contributed by atoms with Crippen molar-refractivity contribution in [1.82, 2.24) is 0 Å². The van der Waals surface area contributed by atoms with Crippen LogP contribution in [0.1, 0.15) is 245 Å². The molecular formula is C56H102O15. The predicted molar refractivity (Wildman–Crippen MR) is 275 cm³/mol. The smallest absolute Gasteiger partial charge is 0.405 e. The van der Waals surface area contributed by atoms with E-state index in [0.717, 1.165) is 77.0 Å². The van der Waals surface area contributed by atoms with Crippen LogP contribution in [0.3, 0.4) is 0 Å². The molecule has 8 N–H and O–H groups in total. The summed E-state index contributed by atoms with van der Waals surface area (Å²) in [6.07, 6.45) is 33.8. The van der Waals surface area contributed by atoms with Crippen molar-refractivity contribution in [2.75, 3.05) is 19.8 Å². The number of aliphatic hydroxyl groups is 8. The first kappa shape index (κ1) is 65.1. The minimum absolute atomic E-state index is 0.267. The maximum atomic E-state index is 13.6. The van der Waals surface area contributed by atoms with Gasteiger partial charge in [-0.3, -0.25) is 14.3 Å². The minimum Gasteiger partial charge on any atom is -0.420 e. The van der Waals surface area contributed by atoms with Crippen molar-refractivity contribution in [2.24, 2.45) is 0 Å². The highest BCUT2D eigenvalue weighted by molar-refractivity contribution is 5.71. The topological polar surface area (TPSA) is 242 Å². The van der Waals surface area contributed by atoms with Crippen LogP contribution >= 0.6 is 0 Å². The summed E-state index contributed by atoms with van der Waals surface area (Å²) < 4.78 is 28.1. The number of esters is 2. The Morgan fingerprint density at radius 1 is 0.451 bits per heavy atom. The molecule has 2 fully saturated rings. The summed E-state index contributed by atoms with van der Waals surface area (Å²) >= 11 is 0. The van der Waals surface area contributed by atoms with Gasteiger partial charge in [0.15, 0.2) is 6.10 Å². The molecule has 0 aliphatic carbocycles. The fraction of sp³-hybridized carbons (Fsp3) is 0.893. The standard InChI is InChI=1S/C56H102O15/c1-3-5-7-9-11-13-15-17-19-21-23-25-27-29-31-33-35-37-39-41-48(60)69-55(66)53(65)51(63)47(44-58)68-56(55,71-54(45-59)52(64)50(62)46(43-57)67-54)70-49(61)42-40-38-36-34-32-30-28-26-24-22-20-18-16-14-12-10-8-6-4-2/h17-20,46-47,50-53,57-59,62-66H,3-16,21-45H2,1-2H3/b19-17+,20-18+/t46-,47-,50-,51-,52+,53+,54?,55+,56+/m1/s1. The van der Waals surface area contributed by atoms with Crippen LogP contribution in [-0.4, -0.2) is 127 Å². The van der Waals surface area contributed by atoms with Gasteiger partial charge in [0.2, 0.25) is 5.79 Å². The van der Waals surface area contributed by atoms with Crippen LogP contribution < -0.4 is 0 Å². The highest BCUT2D eigenvalue weighted by Gasteiger charge is 2.75. The van der Waals surface area contributed by atoms with Gasteiger partial charge in [0.25, 0.3) is 0 Å². The van der Waals surface area contributed by atoms with Gasteiger partial charge in [-0.15, -0.1) is 0 Å². The van der Waals surface area contributed by atoms with Gasteiger partial charge in [-0.1, -0.05) is 192 Å². The van der Waals surface area contributed by atoms with Crippen molar-refractivity contribution < 1.29 is 74.1 Å². The minimum atomic E-state index is -3.58. The lowest BCUT2D eigenvalue weighted by Crippen LogP contribution is -2.78. The van der Waals surface area contributed by atoms with Gasteiger partial charge >= 0.3 is 23.7 Å². The number of rotatable bonds is 45. The SMILES string of the molecule is CCCCCCCC/C=C/CCCCCCCCCCCC(=O)O[C@@]1(OC2(CO)O[C@H](CO)[C@@H](O)[C@@H]2O)O[C@H](CO)[C@@H](O)[C@H](O)[C@]1(O)OC(=O)CCCCCCCCCCC/C=C/CCCCCCCC. The average Bonchev–Trinajstić information content (AvgIpc) is 3.60. The van der Waals surface area contributed by atoms with Gasteiger partial charge in [-0.2, -0.15) is 0 Å². The van der Waals surface area contributed by atoms with Crippen molar-refractivity contribution in [2.45, 2.75) is 299 Å². The monoisotopic (exact) mass is 1010 g/mol. The number of hydrogen-bond donors (Lipinski definition) is 8. The predicted octanol–water partition coefficient (Wildman–Crippen LogP) is 9.54. The third-order valence-electron chi connectivity index (χ3n) is 14.0. The number of hydrogen-bond acceptors (Lipinski definition) is 15. The first-order chi connectivity index (χ1) is 34.4. The van der Waals surface area contributed by atoms with E-state index >= 15 is 0 Å². The number of carbonyl (C=O) groups is 2. The number of unbranched alkanes of at least 4 members (excludes halogenated alkanes) is 30. The molecule has 15 nitrogen and oxygen atoms in total. The van der Waals surface area contributed by atoms with E-state index in [9.17, 15) is 50.4 Å². The van der Waals surface area contributed by atoms with Crippen molar-refractivity contribution >= 4 is 11.9 Å². The van der Waals surface area contributed by atoms with E-state index in [1.165, 1.54) is 116 Å². The molecule has 2 aliphatic heterocycles. The molecule has 1 unspecified atom stereocenters. The molecule has 2 aliphatic rings. The van der Waals surface area contributed by atoms with Crippen LogP contribution in [0.2, 0.25) is 0 Å². The summed E-state index contributed by atoms with van der Waals surface area (Å²) in [7, 11) is 0. The number of ether oxygens (including phenoxy) is 5. The summed E-state index contributed by atoms with van der Waals surface area (Å²) in [5, 5.41) is 86.8. The molecule has 2 saturated heterocycles. The van der Waals surface area contributed by atoms with Gasteiger partial charge in [0.1, 0.15) is 37.1 Å². The quantitative estimate of drug-likeness (QED) is 0.0123. The Bertz CT molecular complexity index is 1400. The second-order valence-electron chi connectivity index (χ2n) is 20.3. The average molecular weight is 1020 g/mol. The highest BCUT2D eigenvalue weighted by Crippen LogP contribution is 2.47. The lowest BCUT2D eigenvalue weighted by atomic mass is 9.93. The first-order valence-corrected chi connectivity index (χ1v) is 28.5. The van der Waals surface area contributed by atoms with E-state index in [4.69, 9.17) is 23.7 Å². The van der Waals surface area contributed by atoms with Crippen molar-refractivity contribution in [1.29, 1.82) is 0 Å². The second kappa shape index (κ2) is 39.4. The maximum absolute atomic E-state index is 13.6. The third-order valence-corrected chi connectivity index (χ3v) is 14.0. The van der Waals surface area contributed by atoms with E-state index in [2.05, 4.69) is 38.2 Å². The molecule has 0 saturated carbocycles. The molecule has 2 rings (SSSR count). The third kappa shape index (κ3) is 24.5. The van der Waals surface area contributed by atoms with Gasteiger partial charge in [-0.05, 0) is 64.2 Å². The Kier molecular flexibility index (Phi) is 36.1. The van der Waals surface area contributed by atoms with Crippen LogP contribution in [0.15, 0.2) is 24.3 Å². The normalized spacial score (nSPS) is 26.8. The summed E-state index contributed by atoms with van der Waals surface area (Å²) in [6.45, 7) is 1.27. The largest absolute Gasteiger partial charge is 0.420 e. The molecule has 0 spiro atoms. The Labute approximate surface area is 428 Å².